The van der Waals surface area contributed by atoms with E-state index in [0.29, 0.717) is 12.6 Å². The minimum atomic E-state index is -1.17. The van der Waals surface area contributed by atoms with Crippen LogP contribution < -0.4 is 16.0 Å². The van der Waals surface area contributed by atoms with Crippen molar-refractivity contribution >= 4 is 41.5 Å². The maximum absolute atomic E-state index is 13.5. The van der Waals surface area contributed by atoms with E-state index in [1.54, 1.807) is 6.92 Å². The molecular formula is C32H40N4O7. The number of amides is 3. The SMILES string of the molecule is CC(=O)N[C@@H](Cc1ccccc1)C(=O)N[C@@H](CCC(=O)C=N)C(=O)CC[C@@H](Cc1ccccc1)C(C)C(=O)NCC(=O)O. The van der Waals surface area contributed by atoms with Crippen molar-refractivity contribution in [2.24, 2.45) is 11.8 Å². The van der Waals surface area contributed by atoms with Crippen LogP contribution in [0.25, 0.3) is 0 Å². The van der Waals surface area contributed by atoms with E-state index in [1.165, 1.54) is 6.92 Å². The van der Waals surface area contributed by atoms with Gasteiger partial charge < -0.3 is 26.5 Å². The summed E-state index contributed by atoms with van der Waals surface area (Å²) in [4.78, 5) is 74.2. The molecule has 11 heteroatoms. The predicted octanol–water partition coefficient (Wildman–Crippen LogP) is 2.26. The Bertz CT molecular complexity index is 1270. The van der Waals surface area contributed by atoms with Gasteiger partial charge in [0.15, 0.2) is 11.6 Å². The molecule has 1 unspecified atom stereocenters. The molecule has 0 fully saturated rings. The zero-order chi connectivity index (χ0) is 31.8. The second kappa shape index (κ2) is 18.0. The molecule has 0 radical (unpaired) electrons. The first kappa shape index (κ1) is 34.5. The van der Waals surface area contributed by atoms with E-state index < -0.39 is 54.0 Å². The Morgan fingerprint density at radius 3 is 1.91 bits per heavy atom. The molecule has 3 amide bonds. The lowest BCUT2D eigenvalue weighted by Gasteiger charge is -2.25. The average molecular weight is 593 g/mol. The van der Waals surface area contributed by atoms with Crippen molar-refractivity contribution in [3.05, 3.63) is 71.8 Å². The summed E-state index contributed by atoms with van der Waals surface area (Å²) in [5.74, 6) is -4.42. The van der Waals surface area contributed by atoms with Gasteiger partial charge in [-0.2, -0.15) is 0 Å². The molecule has 0 saturated carbocycles. The lowest BCUT2D eigenvalue weighted by Crippen LogP contribution is -2.52. The standard InChI is InChI=1S/C32H40N4O7/c1-21(31(42)34-20-30(40)41)25(17-23-9-5-3-6-10-23)13-16-29(39)27(15-14-26(38)19-33)36-32(43)28(35-22(2)37)18-24-11-7-4-8-12-24/h3-12,19,21,25,27-28,33H,13-18,20H2,1-2H3,(H,34,42)(H,35,37)(H,36,43)(H,40,41)/t21?,25-,27-,28-/m0/s1. The molecule has 11 nitrogen and oxygen atoms in total. The van der Waals surface area contributed by atoms with E-state index >= 15 is 0 Å². The highest BCUT2D eigenvalue weighted by atomic mass is 16.4. The largest absolute Gasteiger partial charge is 0.480 e. The average Bonchev–Trinajstić information content (AvgIpc) is 2.99. The highest BCUT2D eigenvalue weighted by Crippen LogP contribution is 2.24. The maximum Gasteiger partial charge on any atom is 0.322 e. The second-order valence-electron chi connectivity index (χ2n) is 10.5. The fourth-order valence-corrected chi connectivity index (χ4v) is 4.73. The van der Waals surface area contributed by atoms with Crippen LogP contribution in [-0.2, 0) is 41.6 Å². The quantitative estimate of drug-likeness (QED) is 0.155. The summed E-state index contributed by atoms with van der Waals surface area (Å²) in [7, 11) is 0. The molecule has 0 saturated heterocycles. The summed E-state index contributed by atoms with van der Waals surface area (Å²) < 4.78 is 0. The summed E-state index contributed by atoms with van der Waals surface area (Å²) in [6.07, 6.45) is 1.38. The number of rotatable bonds is 19. The Morgan fingerprint density at radius 1 is 0.791 bits per heavy atom. The van der Waals surface area contributed by atoms with Gasteiger partial charge in [-0.1, -0.05) is 67.6 Å². The van der Waals surface area contributed by atoms with Crippen LogP contribution >= 0.6 is 0 Å². The fourth-order valence-electron chi connectivity index (χ4n) is 4.73. The van der Waals surface area contributed by atoms with Gasteiger partial charge in [0.25, 0.3) is 0 Å². The van der Waals surface area contributed by atoms with Gasteiger partial charge in [-0.3, -0.25) is 28.8 Å². The molecule has 0 aromatic heterocycles. The van der Waals surface area contributed by atoms with E-state index in [1.807, 2.05) is 60.7 Å². The molecular weight excluding hydrogens is 552 g/mol. The first-order valence-electron chi connectivity index (χ1n) is 14.2. The summed E-state index contributed by atoms with van der Waals surface area (Å²) in [5.41, 5.74) is 1.75. The number of aliphatic carboxylic acids is 1. The van der Waals surface area contributed by atoms with Gasteiger partial charge in [-0.05, 0) is 36.3 Å². The van der Waals surface area contributed by atoms with Crippen LogP contribution in [0.15, 0.2) is 60.7 Å². The maximum atomic E-state index is 13.5. The molecule has 0 aliphatic carbocycles. The number of hydrogen-bond acceptors (Lipinski definition) is 7. The number of benzene rings is 2. The molecule has 230 valence electrons. The van der Waals surface area contributed by atoms with E-state index in [4.69, 9.17) is 10.5 Å². The first-order valence-corrected chi connectivity index (χ1v) is 14.2. The monoisotopic (exact) mass is 592 g/mol. The fraction of sp³-hybridized carbons (Fsp3) is 0.406. The Kier molecular flexibility index (Phi) is 14.4. The summed E-state index contributed by atoms with van der Waals surface area (Å²) in [5, 5.41) is 23.9. The van der Waals surface area contributed by atoms with Gasteiger partial charge >= 0.3 is 5.97 Å². The molecule has 4 atom stereocenters. The van der Waals surface area contributed by atoms with Crippen molar-refractivity contribution in [3.8, 4) is 0 Å². The molecule has 0 aliphatic heterocycles. The van der Waals surface area contributed by atoms with Gasteiger partial charge in [0.2, 0.25) is 17.7 Å². The smallest absolute Gasteiger partial charge is 0.322 e. The van der Waals surface area contributed by atoms with Crippen LogP contribution in [0.4, 0.5) is 0 Å². The highest BCUT2D eigenvalue weighted by molar-refractivity contribution is 6.26. The lowest BCUT2D eigenvalue weighted by molar-refractivity contribution is -0.138. The van der Waals surface area contributed by atoms with Crippen LogP contribution in [0.2, 0.25) is 0 Å². The minimum Gasteiger partial charge on any atom is -0.480 e. The Labute approximate surface area is 251 Å². The molecule has 2 aromatic rings. The van der Waals surface area contributed by atoms with Crippen LogP contribution in [0.1, 0.15) is 50.7 Å². The van der Waals surface area contributed by atoms with Crippen molar-refractivity contribution in [1.29, 1.82) is 5.41 Å². The first-order chi connectivity index (χ1) is 20.5. The third-order valence-corrected chi connectivity index (χ3v) is 7.16. The molecule has 43 heavy (non-hydrogen) atoms. The van der Waals surface area contributed by atoms with Gasteiger partial charge in [-0.15, -0.1) is 0 Å². The van der Waals surface area contributed by atoms with Gasteiger partial charge in [0, 0.05) is 32.1 Å². The summed E-state index contributed by atoms with van der Waals surface area (Å²) >= 11 is 0. The summed E-state index contributed by atoms with van der Waals surface area (Å²) in [6.45, 7) is 2.45. The zero-order valence-electron chi connectivity index (χ0n) is 24.5. The number of carboxylic acids is 1. The van der Waals surface area contributed by atoms with Crippen molar-refractivity contribution in [3.63, 3.8) is 0 Å². The molecule has 0 heterocycles. The predicted molar refractivity (Wildman–Crippen MR) is 160 cm³/mol. The van der Waals surface area contributed by atoms with Crippen LogP contribution in [0, 0.1) is 17.2 Å². The van der Waals surface area contributed by atoms with Gasteiger partial charge in [0.1, 0.15) is 12.6 Å². The number of carboxylic acid groups (broad SMARTS) is 1. The Hall–Kier alpha value is -4.67. The minimum absolute atomic E-state index is 0.0265. The second-order valence-corrected chi connectivity index (χ2v) is 10.5. The van der Waals surface area contributed by atoms with Crippen LogP contribution in [-0.4, -0.2) is 65.2 Å². The number of Topliss-reactive ketones (excluding diaryl/α,β-unsaturated/α-hetero) is 2. The number of nitrogens with one attached hydrogen (secondary N) is 4. The molecule has 2 rings (SSSR count). The molecule has 2 aromatic carbocycles. The number of ketones is 2. The van der Waals surface area contributed by atoms with E-state index in [0.717, 1.165) is 11.1 Å². The van der Waals surface area contributed by atoms with Gasteiger partial charge in [0.05, 0.1) is 12.3 Å². The number of hydrogen-bond donors (Lipinski definition) is 5. The number of carbonyl (C=O) groups is 6. The van der Waals surface area contributed by atoms with Gasteiger partial charge in [-0.25, -0.2) is 0 Å². The Morgan fingerprint density at radius 2 is 1.37 bits per heavy atom. The molecule has 0 aliphatic rings. The van der Waals surface area contributed by atoms with Crippen LogP contribution in [0.3, 0.4) is 0 Å². The van der Waals surface area contributed by atoms with Crippen molar-refractivity contribution in [2.45, 2.75) is 64.5 Å². The molecule has 0 spiro atoms. The Balaban J connectivity index is 2.21. The number of carbonyl (C=O) groups excluding carboxylic acids is 5. The summed E-state index contributed by atoms with van der Waals surface area (Å²) in [6, 6.07) is 16.4. The van der Waals surface area contributed by atoms with Crippen molar-refractivity contribution in [2.75, 3.05) is 6.54 Å². The third kappa shape index (κ3) is 12.8. The van der Waals surface area contributed by atoms with E-state index in [9.17, 15) is 28.8 Å². The normalized spacial score (nSPS) is 13.4. The highest BCUT2D eigenvalue weighted by Gasteiger charge is 2.29. The van der Waals surface area contributed by atoms with Crippen LogP contribution in [0.5, 0.6) is 0 Å². The zero-order valence-corrected chi connectivity index (χ0v) is 24.5. The van der Waals surface area contributed by atoms with E-state index in [2.05, 4.69) is 16.0 Å². The lowest BCUT2D eigenvalue weighted by atomic mass is 9.82. The van der Waals surface area contributed by atoms with Crippen molar-refractivity contribution < 1.29 is 33.9 Å². The molecule has 5 N–H and O–H groups in total. The van der Waals surface area contributed by atoms with E-state index in [-0.39, 0.29) is 43.8 Å². The topological polar surface area (TPSA) is 183 Å². The third-order valence-electron chi connectivity index (χ3n) is 7.16. The molecule has 0 bridgehead atoms. The van der Waals surface area contributed by atoms with Crippen molar-refractivity contribution in [1.82, 2.24) is 16.0 Å².